The highest BCUT2D eigenvalue weighted by Crippen LogP contribution is 2.37. The molecule has 0 aliphatic carbocycles. The summed E-state index contributed by atoms with van der Waals surface area (Å²) in [6.45, 7) is 16.4. The van der Waals surface area contributed by atoms with Crippen LogP contribution in [-0.4, -0.2) is 11.7 Å². The van der Waals surface area contributed by atoms with E-state index in [0.29, 0.717) is 12.4 Å². The number of benzene rings is 1. The van der Waals surface area contributed by atoms with E-state index < -0.39 is 0 Å². The second-order valence-electron chi connectivity index (χ2n) is 7.94. The van der Waals surface area contributed by atoms with E-state index in [9.17, 15) is 5.11 Å². The predicted molar refractivity (Wildman–Crippen MR) is 90.1 cm³/mol. The average Bonchev–Trinajstić information content (AvgIpc) is 2.33. The summed E-state index contributed by atoms with van der Waals surface area (Å²) in [6.07, 6.45) is 2.19. The van der Waals surface area contributed by atoms with E-state index in [0.717, 1.165) is 30.6 Å². The number of aromatic hydroxyl groups is 1. The van der Waals surface area contributed by atoms with Crippen molar-refractivity contribution in [2.24, 2.45) is 0 Å². The summed E-state index contributed by atoms with van der Waals surface area (Å²) in [5.41, 5.74) is 3.14. The second-order valence-corrected chi connectivity index (χ2v) is 7.94. The summed E-state index contributed by atoms with van der Waals surface area (Å²) in [5, 5.41) is 10.6. The van der Waals surface area contributed by atoms with Gasteiger partial charge in [0.05, 0.1) is 6.61 Å². The summed E-state index contributed by atoms with van der Waals surface area (Å²) in [4.78, 5) is 0. The minimum absolute atomic E-state index is 0.0614. The van der Waals surface area contributed by atoms with Gasteiger partial charge in [0.25, 0.3) is 0 Å². The van der Waals surface area contributed by atoms with Crippen molar-refractivity contribution >= 4 is 0 Å². The van der Waals surface area contributed by atoms with Gasteiger partial charge in [-0.3, -0.25) is 0 Å². The molecule has 0 spiro atoms. The number of ether oxygens (including phenoxy) is 1. The summed E-state index contributed by atoms with van der Waals surface area (Å²) < 4.78 is 5.72. The van der Waals surface area contributed by atoms with Crippen molar-refractivity contribution in [2.75, 3.05) is 6.61 Å². The minimum Gasteiger partial charge on any atom is -0.507 e. The van der Waals surface area contributed by atoms with Gasteiger partial charge in [0, 0.05) is 12.2 Å². The molecular formula is C19H32O2. The highest BCUT2D eigenvalue weighted by Gasteiger charge is 2.24. The number of phenols is 1. The zero-order valence-corrected chi connectivity index (χ0v) is 14.8. The zero-order valence-electron chi connectivity index (χ0n) is 14.8. The van der Waals surface area contributed by atoms with Crippen LogP contribution in [0.15, 0.2) is 12.1 Å². The molecule has 0 radical (unpaired) electrons. The first-order valence-corrected chi connectivity index (χ1v) is 8.02. The van der Waals surface area contributed by atoms with E-state index in [2.05, 4.69) is 60.6 Å². The normalized spacial score (nSPS) is 12.7. The molecule has 0 saturated heterocycles. The lowest BCUT2D eigenvalue weighted by atomic mass is 9.79. The fraction of sp³-hybridized carbons (Fsp3) is 0.684. The first-order valence-electron chi connectivity index (χ1n) is 8.02. The third-order valence-corrected chi connectivity index (χ3v) is 3.76. The number of phenolic OH excluding ortho intramolecular Hbond substituents is 1. The quantitative estimate of drug-likeness (QED) is 0.746. The Hall–Kier alpha value is -1.02. The summed E-state index contributed by atoms with van der Waals surface area (Å²) in [7, 11) is 0. The molecule has 0 saturated carbocycles. The van der Waals surface area contributed by atoms with E-state index in [1.165, 1.54) is 5.56 Å². The Bertz CT molecular complexity index is 462. The molecule has 0 aliphatic rings. The maximum Gasteiger partial charge on any atom is 0.124 e. The fourth-order valence-corrected chi connectivity index (χ4v) is 2.24. The van der Waals surface area contributed by atoms with Crippen molar-refractivity contribution in [1.29, 1.82) is 0 Å². The molecule has 0 amide bonds. The zero-order chi connectivity index (χ0) is 16.3. The molecule has 2 nitrogen and oxygen atoms in total. The van der Waals surface area contributed by atoms with Crippen LogP contribution in [-0.2, 0) is 22.2 Å². The van der Waals surface area contributed by atoms with E-state index >= 15 is 0 Å². The highest BCUT2D eigenvalue weighted by molar-refractivity contribution is 5.48. The molecule has 0 bridgehead atoms. The SMILES string of the molecule is CCCCOCc1cc(C(C)(C)C)cc(C(C)(C)C)c1O. The van der Waals surface area contributed by atoms with Gasteiger partial charge in [-0.15, -0.1) is 0 Å². The van der Waals surface area contributed by atoms with Crippen molar-refractivity contribution < 1.29 is 9.84 Å². The topological polar surface area (TPSA) is 29.5 Å². The monoisotopic (exact) mass is 292 g/mol. The smallest absolute Gasteiger partial charge is 0.124 e. The maximum absolute atomic E-state index is 10.6. The molecule has 0 atom stereocenters. The molecule has 0 heterocycles. The molecular weight excluding hydrogens is 260 g/mol. The molecule has 120 valence electrons. The van der Waals surface area contributed by atoms with Crippen LogP contribution in [0, 0.1) is 0 Å². The van der Waals surface area contributed by atoms with E-state index in [1.54, 1.807) is 0 Å². The van der Waals surface area contributed by atoms with Crippen LogP contribution >= 0.6 is 0 Å². The van der Waals surface area contributed by atoms with Gasteiger partial charge in [-0.25, -0.2) is 0 Å². The number of hydrogen-bond acceptors (Lipinski definition) is 2. The summed E-state index contributed by atoms with van der Waals surface area (Å²) in [6, 6.07) is 4.24. The van der Waals surface area contributed by atoms with Gasteiger partial charge in [-0.2, -0.15) is 0 Å². The molecule has 2 heteroatoms. The average molecular weight is 292 g/mol. The second kappa shape index (κ2) is 6.83. The Morgan fingerprint density at radius 1 is 1.00 bits per heavy atom. The molecule has 21 heavy (non-hydrogen) atoms. The Morgan fingerprint density at radius 2 is 1.62 bits per heavy atom. The minimum atomic E-state index is -0.0798. The van der Waals surface area contributed by atoms with Gasteiger partial charge >= 0.3 is 0 Å². The van der Waals surface area contributed by atoms with Crippen molar-refractivity contribution in [3.63, 3.8) is 0 Å². The Morgan fingerprint density at radius 3 is 2.10 bits per heavy atom. The maximum atomic E-state index is 10.6. The Kier molecular flexibility index (Phi) is 5.86. The van der Waals surface area contributed by atoms with Gasteiger partial charge in [0.15, 0.2) is 0 Å². The first kappa shape index (κ1) is 18.0. The van der Waals surface area contributed by atoms with Gasteiger partial charge in [-0.1, -0.05) is 61.0 Å². The van der Waals surface area contributed by atoms with Gasteiger partial charge < -0.3 is 9.84 Å². The van der Waals surface area contributed by atoms with Crippen LogP contribution in [0.1, 0.15) is 78.0 Å². The lowest BCUT2D eigenvalue weighted by Crippen LogP contribution is -2.17. The molecule has 1 N–H and O–H groups in total. The molecule has 0 fully saturated rings. The lowest BCUT2D eigenvalue weighted by Gasteiger charge is -2.27. The van der Waals surface area contributed by atoms with Gasteiger partial charge in [-0.05, 0) is 34.4 Å². The van der Waals surface area contributed by atoms with Crippen LogP contribution in [0.5, 0.6) is 5.75 Å². The van der Waals surface area contributed by atoms with E-state index in [4.69, 9.17) is 4.74 Å². The molecule has 1 rings (SSSR count). The third-order valence-electron chi connectivity index (χ3n) is 3.76. The Labute approximate surface area is 130 Å². The van der Waals surface area contributed by atoms with E-state index in [1.807, 2.05) is 0 Å². The molecule has 1 aromatic rings. The molecule has 1 aromatic carbocycles. The van der Waals surface area contributed by atoms with Gasteiger partial charge in [0.2, 0.25) is 0 Å². The highest BCUT2D eigenvalue weighted by atomic mass is 16.5. The fourth-order valence-electron chi connectivity index (χ4n) is 2.24. The van der Waals surface area contributed by atoms with E-state index in [-0.39, 0.29) is 10.8 Å². The van der Waals surface area contributed by atoms with Crippen LogP contribution in [0.2, 0.25) is 0 Å². The molecule has 0 unspecified atom stereocenters. The predicted octanol–water partition coefficient (Wildman–Crippen LogP) is 5.30. The summed E-state index contributed by atoms with van der Waals surface area (Å²) >= 11 is 0. The van der Waals surface area contributed by atoms with Crippen molar-refractivity contribution in [2.45, 2.75) is 78.7 Å². The third kappa shape index (κ3) is 5.03. The van der Waals surface area contributed by atoms with Crippen LogP contribution in [0.4, 0.5) is 0 Å². The van der Waals surface area contributed by atoms with Crippen molar-refractivity contribution in [3.8, 4) is 5.75 Å². The van der Waals surface area contributed by atoms with Crippen LogP contribution in [0.25, 0.3) is 0 Å². The lowest BCUT2D eigenvalue weighted by molar-refractivity contribution is 0.116. The number of unbranched alkanes of at least 4 members (excludes halogenated alkanes) is 1. The van der Waals surface area contributed by atoms with Crippen LogP contribution < -0.4 is 0 Å². The van der Waals surface area contributed by atoms with Gasteiger partial charge in [0.1, 0.15) is 5.75 Å². The molecule has 0 aliphatic heterocycles. The number of rotatable bonds is 5. The Balaban J connectivity index is 3.16. The van der Waals surface area contributed by atoms with Crippen molar-refractivity contribution in [1.82, 2.24) is 0 Å². The summed E-state index contributed by atoms with van der Waals surface area (Å²) in [5.74, 6) is 0.395. The molecule has 0 aromatic heterocycles. The number of hydrogen-bond donors (Lipinski definition) is 1. The van der Waals surface area contributed by atoms with Crippen molar-refractivity contribution in [3.05, 3.63) is 28.8 Å². The first-order chi connectivity index (χ1) is 9.57. The van der Waals surface area contributed by atoms with Crippen LogP contribution in [0.3, 0.4) is 0 Å². The standard InChI is InChI=1S/C19H32O2/c1-8-9-10-21-13-14-11-15(18(2,3)4)12-16(17(14)20)19(5,6)7/h11-12,20H,8-10,13H2,1-7H3. The largest absolute Gasteiger partial charge is 0.507 e.